The Balaban J connectivity index is 4.28. The second-order valence-electron chi connectivity index (χ2n) is 15.4. The summed E-state index contributed by atoms with van der Waals surface area (Å²) < 4.78 is 0. The molecule has 0 aliphatic rings. The van der Waals surface area contributed by atoms with Gasteiger partial charge in [-0.25, -0.2) is 0 Å². The van der Waals surface area contributed by atoms with Crippen LogP contribution in [0.2, 0.25) is 0 Å². The first-order valence-electron chi connectivity index (χ1n) is 20.0. The molecule has 0 spiro atoms. The molecule has 1 atom stereocenters. The van der Waals surface area contributed by atoms with E-state index in [-0.39, 0.29) is 5.41 Å². The number of carbonyl (C=O) groups is 1. The molecular weight excluding hydrogens is 560 g/mol. The van der Waals surface area contributed by atoms with Gasteiger partial charge in [0, 0.05) is 0 Å². The molecule has 0 amide bonds. The van der Waals surface area contributed by atoms with Gasteiger partial charge in [-0.1, -0.05) is 166 Å². The van der Waals surface area contributed by atoms with Crippen LogP contribution < -0.4 is 0 Å². The predicted molar refractivity (Wildman–Crippen MR) is 207 cm³/mol. The molecule has 0 aliphatic heterocycles. The Morgan fingerprint density at radius 1 is 0.500 bits per heavy atom. The molecule has 1 unspecified atom stereocenters. The number of allylic oxidation sites excluding steroid dienone is 8. The summed E-state index contributed by atoms with van der Waals surface area (Å²) in [5.74, 6) is -0.0514. The minimum Gasteiger partial charge on any atom is -0.481 e. The Morgan fingerprint density at radius 3 is 1.24 bits per heavy atom. The quantitative estimate of drug-likeness (QED) is 0.0572. The normalized spacial score (nSPS) is 13.7. The van der Waals surface area contributed by atoms with Crippen molar-refractivity contribution in [3.63, 3.8) is 0 Å². The number of hydrogen-bond donors (Lipinski definition) is 1. The molecule has 0 fully saturated rings. The fraction of sp³-hybridized carbons (Fsp3) is 0.795. The second kappa shape index (κ2) is 30.7. The van der Waals surface area contributed by atoms with Crippen molar-refractivity contribution in [2.75, 3.05) is 0 Å². The zero-order valence-electron chi connectivity index (χ0n) is 31.9. The van der Waals surface area contributed by atoms with Crippen molar-refractivity contribution < 1.29 is 9.90 Å². The van der Waals surface area contributed by atoms with Crippen LogP contribution in [0.1, 0.15) is 208 Å². The molecule has 0 radical (unpaired) electrons. The van der Waals surface area contributed by atoms with Gasteiger partial charge in [0.05, 0.1) is 5.41 Å². The van der Waals surface area contributed by atoms with Crippen molar-refractivity contribution in [3.05, 3.63) is 48.6 Å². The molecule has 0 rings (SSSR count). The third-order valence-corrected chi connectivity index (χ3v) is 9.84. The fourth-order valence-corrected chi connectivity index (χ4v) is 6.85. The molecule has 0 bridgehead atoms. The van der Waals surface area contributed by atoms with E-state index in [1.807, 2.05) is 13.8 Å². The number of rotatable bonds is 33. The maximum Gasteiger partial charge on any atom is 0.309 e. The van der Waals surface area contributed by atoms with E-state index in [9.17, 15) is 9.90 Å². The Labute approximate surface area is 289 Å². The minimum atomic E-state index is -0.666. The highest BCUT2D eigenvalue weighted by molar-refractivity contribution is 5.73. The number of aliphatic carboxylic acids is 1. The van der Waals surface area contributed by atoms with Gasteiger partial charge in [-0.3, -0.25) is 4.79 Å². The smallest absolute Gasteiger partial charge is 0.309 e. The van der Waals surface area contributed by atoms with Crippen LogP contribution in [0.3, 0.4) is 0 Å². The van der Waals surface area contributed by atoms with Crippen LogP contribution in [0.25, 0.3) is 0 Å². The summed E-state index contributed by atoms with van der Waals surface area (Å²) in [7, 11) is 0. The third kappa shape index (κ3) is 27.5. The first-order valence-corrected chi connectivity index (χ1v) is 20.0. The Bertz CT molecular complexity index is 797. The van der Waals surface area contributed by atoms with Gasteiger partial charge in [0.25, 0.3) is 0 Å². The average Bonchev–Trinajstić information content (AvgIpc) is 3.01. The fourth-order valence-electron chi connectivity index (χ4n) is 6.85. The van der Waals surface area contributed by atoms with Crippen molar-refractivity contribution in [2.45, 2.75) is 208 Å². The van der Waals surface area contributed by atoms with E-state index in [2.05, 4.69) is 76.3 Å². The number of unbranched alkanes of at least 4 members (excludes halogenated alkanes) is 17. The zero-order valence-corrected chi connectivity index (χ0v) is 31.9. The molecule has 46 heavy (non-hydrogen) atoms. The number of hydrogen-bond acceptors (Lipinski definition) is 1. The summed E-state index contributed by atoms with van der Waals surface area (Å²) in [6.07, 6.45) is 51.4. The zero-order chi connectivity index (χ0) is 34.2. The maximum absolute atomic E-state index is 11.9. The summed E-state index contributed by atoms with van der Waals surface area (Å²) in [6.45, 7) is 13.0. The topological polar surface area (TPSA) is 37.3 Å². The number of carboxylic acid groups (broad SMARTS) is 1. The highest BCUT2D eigenvalue weighted by Crippen LogP contribution is 2.44. The SMILES string of the molecule is CCCC/C=C\C/C=C\CCCCCCCCC(CCCCCCCC/C=C\C/C=C\CCCCC)C(C)(C)CC(C)(C)C(=O)O. The average molecular weight is 641 g/mol. The van der Waals surface area contributed by atoms with Crippen LogP contribution in [-0.2, 0) is 4.79 Å². The standard InChI is InChI=1S/C44H80O2/c1-7-9-11-13-15-17-19-21-23-25-27-29-31-33-35-37-39-41(43(3,4)40-44(5,6)42(45)46)38-36-34-32-30-28-26-24-22-20-18-16-14-12-10-8-2/h14-17,20-23,41H,7-13,18-19,24-40H2,1-6H3,(H,45,46)/b16-14-,17-15-,22-20-,23-21-. The van der Waals surface area contributed by atoms with E-state index in [0.29, 0.717) is 5.92 Å². The number of carboxylic acids is 1. The van der Waals surface area contributed by atoms with Crippen LogP contribution in [0, 0.1) is 16.7 Å². The summed E-state index contributed by atoms with van der Waals surface area (Å²) in [6, 6.07) is 0. The van der Waals surface area contributed by atoms with Gasteiger partial charge in [-0.15, -0.1) is 0 Å². The van der Waals surface area contributed by atoms with Gasteiger partial charge >= 0.3 is 5.97 Å². The summed E-state index contributed by atoms with van der Waals surface area (Å²) in [5.41, 5.74) is -0.614. The first-order chi connectivity index (χ1) is 22.2. The molecule has 2 heteroatoms. The Hall–Kier alpha value is -1.57. The van der Waals surface area contributed by atoms with Crippen LogP contribution in [0.15, 0.2) is 48.6 Å². The molecule has 2 nitrogen and oxygen atoms in total. The highest BCUT2D eigenvalue weighted by atomic mass is 16.4. The lowest BCUT2D eigenvalue weighted by Gasteiger charge is -2.39. The molecule has 0 heterocycles. The van der Waals surface area contributed by atoms with E-state index in [4.69, 9.17) is 0 Å². The van der Waals surface area contributed by atoms with E-state index in [0.717, 1.165) is 19.3 Å². The Morgan fingerprint density at radius 2 is 0.848 bits per heavy atom. The van der Waals surface area contributed by atoms with Gasteiger partial charge in [-0.05, 0) is 102 Å². The van der Waals surface area contributed by atoms with Crippen molar-refractivity contribution in [1.29, 1.82) is 0 Å². The molecule has 0 aromatic rings. The molecular formula is C44H80O2. The van der Waals surface area contributed by atoms with Gasteiger partial charge < -0.3 is 5.11 Å². The maximum atomic E-state index is 11.9. The lowest BCUT2D eigenvalue weighted by Crippen LogP contribution is -2.35. The second-order valence-corrected chi connectivity index (χ2v) is 15.4. The minimum absolute atomic E-state index is 0.0520. The summed E-state index contributed by atoms with van der Waals surface area (Å²) >= 11 is 0. The summed E-state index contributed by atoms with van der Waals surface area (Å²) in [4.78, 5) is 11.9. The van der Waals surface area contributed by atoms with E-state index >= 15 is 0 Å². The van der Waals surface area contributed by atoms with Crippen LogP contribution in [0.4, 0.5) is 0 Å². The third-order valence-electron chi connectivity index (χ3n) is 9.84. The van der Waals surface area contributed by atoms with Gasteiger partial charge in [-0.2, -0.15) is 0 Å². The molecule has 0 aliphatic carbocycles. The van der Waals surface area contributed by atoms with Crippen LogP contribution in [0.5, 0.6) is 0 Å². The molecule has 1 N–H and O–H groups in total. The van der Waals surface area contributed by atoms with Crippen molar-refractivity contribution in [1.82, 2.24) is 0 Å². The first kappa shape index (κ1) is 44.4. The predicted octanol–water partition coefficient (Wildman–Crippen LogP) is 15.1. The van der Waals surface area contributed by atoms with Gasteiger partial charge in [0.2, 0.25) is 0 Å². The lowest BCUT2D eigenvalue weighted by molar-refractivity contribution is -0.149. The Kier molecular flexibility index (Phi) is 29.7. The van der Waals surface area contributed by atoms with Gasteiger partial charge in [0.15, 0.2) is 0 Å². The largest absolute Gasteiger partial charge is 0.481 e. The van der Waals surface area contributed by atoms with Crippen molar-refractivity contribution in [3.8, 4) is 0 Å². The van der Waals surface area contributed by atoms with Crippen molar-refractivity contribution in [2.24, 2.45) is 16.7 Å². The molecule has 0 aromatic heterocycles. The van der Waals surface area contributed by atoms with Crippen molar-refractivity contribution >= 4 is 5.97 Å². The summed E-state index contributed by atoms with van der Waals surface area (Å²) in [5, 5.41) is 9.81. The highest BCUT2D eigenvalue weighted by Gasteiger charge is 2.38. The van der Waals surface area contributed by atoms with Gasteiger partial charge in [0.1, 0.15) is 0 Å². The molecule has 0 aromatic carbocycles. The monoisotopic (exact) mass is 641 g/mol. The van der Waals surface area contributed by atoms with E-state index in [1.165, 1.54) is 148 Å². The molecule has 0 saturated heterocycles. The van der Waals surface area contributed by atoms with Crippen LogP contribution >= 0.6 is 0 Å². The lowest BCUT2D eigenvalue weighted by atomic mass is 9.65. The van der Waals surface area contributed by atoms with Crippen LogP contribution in [-0.4, -0.2) is 11.1 Å². The molecule has 0 saturated carbocycles. The van der Waals surface area contributed by atoms with E-state index in [1.54, 1.807) is 0 Å². The molecule has 268 valence electrons. The van der Waals surface area contributed by atoms with E-state index < -0.39 is 11.4 Å².